The monoisotopic (exact) mass is 410 g/mol. The van der Waals surface area contributed by atoms with Crippen LogP contribution in [0.2, 0.25) is 0 Å². The molecule has 0 saturated carbocycles. The molecule has 0 bridgehead atoms. The zero-order valence-electron chi connectivity index (χ0n) is 18.3. The Labute approximate surface area is 175 Å². The molecule has 9 heteroatoms. The van der Waals surface area contributed by atoms with Gasteiger partial charge >= 0.3 is 0 Å². The highest BCUT2D eigenvalue weighted by Crippen LogP contribution is 2.10. The summed E-state index contributed by atoms with van der Waals surface area (Å²) in [6.45, 7) is 14.8. The van der Waals surface area contributed by atoms with Gasteiger partial charge in [-0.15, -0.1) is 0 Å². The Bertz CT molecular complexity index is 546. The van der Waals surface area contributed by atoms with Crippen LogP contribution in [0.4, 0.5) is 0 Å². The van der Waals surface area contributed by atoms with Crippen molar-refractivity contribution in [3.63, 3.8) is 0 Å². The molecule has 0 aliphatic carbocycles. The van der Waals surface area contributed by atoms with E-state index in [-0.39, 0.29) is 5.91 Å². The first kappa shape index (κ1) is 22.3. The molecular formula is C20H38N6O3. The third kappa shape index (κ3) is 6.28. The second-order valence-electron chi connectivity index (χ2n) is 8.20. The van der Waals surface area contributed by atoms with Crippen molar-refractivity contribution in [3.05, 3.63) is 0 Å². The molecule has 166 valence electrons. The van der Waals surface area contributed by atoms with Gasteiger partial charge in [0.05, 0.1) is 33.0 Å². The number of rotatable bonds is 5. The standard InChI is InChI=1S/C20H38N6O3/c1-17(26-10-13-29-16-18(26)2)14-22-20(21-3)25-6-4-23(5-7-25)15-19(27)24-8-11-28-12-9-24/h17-18H,4-16H2,1-3H3,(H,21,22). The highest BCUT2D eigenvalue weighted by molar-refractivity contribution is 5.80. The van der Waals surface area contributed by atoms with Crippen LogP contribution in [-0.4, -0.2) is 136 Å². The van der Waals surface area contributed by atoms with Crippen molar-refractivity contribution in [2.24, 2.45) is 4.99 Å². The Kier molecular flexibility index (Phi) is 8.53. The molecule has 0 aromatic heterocycles. The van der Waals surface area contributed by atoms with Crippen LogP contribution >= 0.6 is 0 Å². The third-order valence-electron chi connectivity index (χ3n) is 6.15. The summed E-state index contributed by atoms with van der Waals surface area (Å²) in [5.41, 5.74) is 0. The van der Waals surface area contributed by atoms with E-state index in [1.807, 2.05) is 11.9 Å². The molecule has 2 unspecified atom stereocenters. The van der Waals surface area contributed by atoms with E-state index in [1.165, 1.54) is 0 Å². The van der Waals surface area contributed by atoms with Gasteiger partial charge in [0.25, 0.3) is 0 Å². The van der Waals surface area contributed by atoms with Gasteiger partial charge in [0.1, 0.15) is 0 Å². The summed E-state index contributed by atoms with van der Waals surface area (Å²) in [7, 11) is 1.85. The fourth-order valence-corrected chi connectivity index (χ4v) is 4.31. The van der Waals surface area contributed by atoms with Crippen molar-refractivity contribution in [1.29, 1.82) is 0 Å². The van der Waals surface area contributed by atoms with E-state index in [9.17, 15) is 4.79 Å². The van der Waals surface area contributed by atoms with Gasteiger partial charge in [0.15, 0.2) is 5.96 Å². The summed E-state index contributed by atoms with van der Waals surface area (Å²) in [5, 5.41) is 3.55. The fraction of sp³-hybridized carbons (Fsp3) is 0.900. The number of nitrogens with one attached hydrogen (secondary N) is 1. The van der Waals surface area contributed by atoms with E-state index in [0.717, 1.165) is 71.5 Å². The quantitative estimate of drug-likeness (QED) is 0.467. The van der Waals surface area contributed by atoms with Gasteiger partial charge < -0.3 is 24.6 Å². The Morgan fingerprint density at radius 1 is 1.03 bits per heavy atom. The summed E-state index contributed by atoms with van der Waals surface area (Å²) < 4.78 is 10.9. The van der Waals surface area contributed by atoms with E-state index in [1.54, 1.807) is 0 Å². The highest BCUT2D eigenvalue weighted by atomic mass is 16.5. The van der Waals surface area contributed by atoms with Gasteiger partial charge in [-0.1, -0.05) is 0 Å². The van der Waals surface area contributed by atoms with E-state index in [4.69, 9.17) is 9.47 Å². The average Bonchev–Trinajstić information content (AvgIpc) is 2.76. The van der Waals surface area contributed by atoms with E-state index in [0.29, 0.717) is 31.8 Å². The minimum atomic E-state index is 0.220. The number of carbonyl (C=O) groups is 1. The number of hydrogen-bond donors (Lipinski definition) is 1. The van der Waals surface area contributed by atoms with Gasteiger partial charge in [-0.2, -0.15) is 0 Å². The molecule has 29 heavy (non-hydrogen) atoms. The largest absolute Gasteiger partial charge is 0.379 e. The first-order chi connectivity index (χ1) is 14.1. The number of guanidine groups is 1. The second-order valence-corrected chi connectivity index (χ2v) is 8.20. The topological polar surface area (TPSA) is 72.9 Å². The van der Waals surface area contributed by atoms with E-state index in [2.05, 4.69) is 38.9 Å². The molecule has 3 fully saturated rings. The number of amides is 1. The molecule has 3 rings (SSSR count). The van der Waals surface area contributed by atoms with Crippen molar-refractivity contribution in [2.75, 3.05) is 92.4 Å². The smallest absolute Gasteiger partial charge is 0.236 e. The normalized spacial score (nSPS) is 26.4. The van der Waals surface area contributed by atoms with Gasteiger partial charge in [-0.05, 0) is 13.8 Å². The molecular weight excluding hydrogens is 372 g/mol. The zero-order chi connectivity index (χ0) is 20.6. The van der Waals surface area contributed by atoms with Crippen molar-refractivity contribution in [2.45, 2.75) is 25.9 Å². The van der Waals surface area contributed by atoms with Crippen LogP contribution in [0.1, 0.15) is 13.8 Å². The van der Waals surface area contributed by atoms with E-state index < -0.39 is 0 Å². The number of aliphatic imine (C=N–C) groups is 1. The van der Waals surface area contributed by atoms with Crippen molar-refractivity contribution in [1.82, 2.24) is 24.9 Å². The molecule has 0 radical (unpaired) electrons. The number of nitrogens with zero attached hydrogens (tertiary/aromatic N) is 5. The van der Waals surface area contributed by atoms with Crippen molar-refractivity contribution in [3.8, 4) is 0 Å². The summed E-state index contributed by atoms with van der Waals surface area (Å²) in [5.74, 6) is 1.18. The zero-order valence-corrected chi connectivity index (χ0v) is 18.3. The fourth-order valence-electron chi connectivity index (χ4n) is 4.31. The molecule has 0 aromatic rings. The molecule has 0 aromatic carbocycles. The van der Waals surface area contributed by atoms with Crippen molar-refractivity contribution < 1.29 is 14.3 Å². The summed E-state index contributed by atoms with van der Waals surface area (Å²) in [4.78, 5) is 25.9. The minimum absolute atomic E-state index is 0.220. The van der Waals surface area contributed by atoms with Crippen LogP contribution < -0.4 is 5.32 Å². The summed E-state index contributed by atoms with van der Waals surface area (Å²) in [6.07, 6.45) is 0. The Balaban J connectivity index is 1.39. The summed E-state index contributed by atoms with van der Waals surface area (Å²) in [6, 6.07) is 0.883. The lowest BCUT2D eigenvalue weighted by Crippen LogP contribution is -2.57. The van der Waals surface area contributed by atoms with Gasteiger partial charge in [-0.25, -0.2) is 0 Å². The van der Waals surface area contributed by atoms with Crippen molar-refractivity contribution >= 4 is 11.9 Å². The Hall–Kier alpha value is -1.42. The molecule has 9 nitrogen and oxygen atoms in total. The number of piperazine rings is 1. The van der Waals surface area contributed by atoms with Gasteiger partial charge in [0, 0.05) is 71.5 Å². The first-order valence-corrected chi connectivity index (χ1v) is 11.0. The minimum Gasteiger partial charge on any atom is -0.379 e. The maximum Gasteiger partial charge on any atom is 0.236 e. The predicted molar refractivity (Wildman–Crippen MR) is 113 cm³/mol. The predicted octanol–water partition coefficient (Wildman–Crippen LogP) is -0.853. The molecule has 1 amide bonds. The Morgan fingerprint density at radius 2 is 1.72 bits per heavy atom. The molecule has 3 aliphatic rings. The number of ether oxygens (including phenoxy) is 2. The van der Waals surface area contributed by atoms with Crippen LogP contribution in [0.5, 0.6) is 0 Å². The lowest BCUT2D eigenvalue weighted by Gasteiger charge is -2.40. The van der Waals surface area contributed by atoms with Crippen LogP contribution in [-0.2, 0) is 14.3 Å². The molecule has 3 heterocycles. The lowest BCUT2D eigenvalue weighted by molar-refractivity contribution is -0.136. The molecule has 1 N–H and O–H groups in total. The SMILES string of the molecule is CN=C(NCC(C)N1CCOCC1C)N1CCN(CC(=O)N2CCOCC2)CC1. The maximum absolute atomic E-state index is 12.5. The van der Waals surface area contributed by atoms with Crippen LogP contribution in [0.25, 0.3) is 0 Å². The van der Waals surface area contributed by atoms with Crippen LogP contribution in [0.15, 0.2) is 4.99 Å². The second kappa shape index (κ2) is 11.1. The molecule has 0 spiro atoms. The number of carbonyl (C=O) groups excluding carboxylic acids is 1. The maximum atomic E-state index is 12.5. The van der Waals surface area contributed by atoms with Gasteiger partial charge in [-0.3, -0.25) is 19.6 Å². The van der Waals surface area contributed by atoms with Crippen LogP contribution in [0, 0.1) is 0 Å². The average molecular weight is 411 g/mol. The van der Waals surface area contributed by atoms with Crippen LogP contribution in [0.3, 0.4) is 0 Å². The number of morpholine rings is 2. The number of hydrogen-bond acceptors (Lipinski definition) is 6. The van der Waals surface area contributed by atoms with E-state index >= 15 is 0 Å². The first-order valence-electron chi connectivity index (χ1n) is 11.0. The molecule has 3 aliphatic heterocycles. The third-order valence-corrected chi connectivity index (χ3v) is 6.15. The lowest BCUT2D eigenvalue weighted by atomic mass is 10.2. The van der Waals surface area contributed by atoms with Gasteiger partial charge in [0.2, 0.25) is 5.91 Å². The molecule has 2 atom stereocenters. The summed E-state index contributed by atoms with van der Waals surface area (Å²) >= 11 is 0. The Morgan fingerprint density at radius 3 is 2.38 bits per heavy atom. The molecule has 3 saturated heterocycles. The highest BCUT2D eigenvalue weighted by Gasteiger charge is 2.26.